The second-order valence-corrected chi connectivity index (χ2v) is 5.78. The molecule has 2 aromatic heterocycles. The Morgan fingerprint density at radius 1 is 1.17 bits per heavy atom. The number of aromatic nitrogens is 4. The lowest BCUT2D eigenvalue weighted by Gasteiger charge is -2.07. The third-order valence-electron chi connectivity index (χ3n) is 3.68. The lowest BCUT2D eigenvalue weighted by molar-refractivity contribution is 0.285. The van der Waals surface area contributed by atoms with E-state index in [9.17, 15) is 0 Å². The molecule has 0 radical (unpaired) electrons. The quantitative estimate of drug-likeness (QED) is 0.744. The Hall–Kier alpha value is -2.96. The van der Waals surface area contributed by atoms with E-state index in [2.05, 4.69) is 25.4 Å². The van der Waals surface area contributed by atoms with E-state index in [0.717, 1.165) is 35.9 Å². The molecule has 1 aliphatic carbocycles. The molecule has 0 spiro atoms. The van der Waals surface area contributed by atoms with E-state index in [1.54, 1.807) is 6.20 Å². The van der Waals surface area contributed by atoms with Gasteiger partial charge in [0.2, 0.25) is 17.7 Å². The van der Waals surface area contributed by atoms with E-state index in [1.165, 1.54) is 0 Å². The highest BCUT2D eigenvalue weighted by Gasteiger charge is 2.29. The molecule has 0 unspecified atom stereocenters. The Bertz CT molecular complexity index is 827. The van der Waals surface area contributed by atoms with Gasteiger partial charge in [-0.1, -0.05) is 5.16 Å². The number of nitrogens with zero attached hydrogens (tertiary/aromatic N) is 4. The summed E-state index contributed by atoms with van der Waals surface area (Å²) in [6.45, 7) is 2.22. The zero-order valence-electron chi connectivity index (χ0n) is 13.3. The van der Waals surface area contributed by atoms with Crippen LogP contribution in [0.2, 0.25) is 0 Å². The number of nitrogens with one attached hydrogen (secondary N) is 1. The molecule has 24 heavy (non-hydrogen) atoms. The van der Waals surface area contributed by atoms with Crippen LogP contribution >= 0.6 is 0 Å². The summed E-state index contributed by atoms with van der Waals surface area (Å²) < 4.78 is 10.9. The van der Waals surface area contributed by atoms with E-state index < -0.39 is 0 Å². The molecule has 1 fully saturated rings. The predicted molar refractivity (Wildman–Crippen MR) is 87.1 cm³/mol. The fraction of sp³-hybridized carbons (Fsp3) is 0.294. The van der Waals surface area contributed by atoms with Crippen molar-refractivity contribution in [2.24, 2.45) is 0 Å². The minimum absolute atomic E-state index is 0.296. The van der Waals surface area contributed by atoms with Crippen molar-refractivity contribution in [3.63, 3.8) is 0 Å². The van der Waals surface area contributed by atoms with Crippen molar-refractivity contribution >= 4 is 11.6 Å². The van der Waals surface area contributed by atoms with Gasteiger partial charge in [0.25, 0.3) is 0 Å². The molecular formula is C17H17N5O2. The Kier molecular flexibility index (Phi) is 3.82. The highest BCUT2D eigenvalue weighted by molar-refractivity contribution is 5.54. The number of hydrogen-bond acceptors (Lipinski definition) is 7. The van der Waals surface area contributed by atoms with Crippen molar-refractivity contribution in [3.05, 3.63) is 53.9 Å². The van der Waals surface area contributed by atoms with E-state index in [4.69, 9.17) is 9.26 Å². The molecule has 1 N–H and O–H groups in total. The standard InChI is InChI=1S/C17H17N5O2/c1-11-8-9-18-17(19-11)20-13-4-6-14(7-5-13)23-10-15-21-16(24-22-15)12-2-3-12/h4-9,12H,2-3,10H2,1H3,(H,18,19,20). The Labute approximate surface area is 139 Å². The molecule has 2 heterocycles. The molecule has 0 amide bonds. The second kappa shape index (κ2) is 6.27. The second-order valence-electron chi connectivity index (χ2n) is 5.78. The first-order chi connectivity index (χ1) is 11.8. The lowest BCUT2D eigenvalue weighted by Crippen LogP contribution is -1.99. The van der Waals surface area contributed by atoms with E-state index in [1.807, 2.05) is 37.3 Å². The van der Waals surface area contributed by atoms with Gasteiger partial charge in [0.1, 0.15) is 5.75 Å². The zero-order valence-corrected chi connectivity index (χ0v) is 13.3. The van der Waals surface area contributed by atoms with Crippen LogP contribution in [-0.2, 0) is 6.61 Å². The van der Waals surface area contributed by atoms with E-state index in [0.29, 0.717) is 24.3 Å². The molecule has 0 bridgehead atoms. The smallest absolute Gasteiger partial charge is 0.229 e. The van der Waals surface area contributed by atoms with Crippen LogP contribution in [0.3, 0.4) is 0 Å². The fourth-order valence-corrected chi connectivity index (χ4v) is 2.24. The van der Waals surface area contributed by atoms with Gasteiger partial charge in [-0.15, -0.1) is 0 Å². The number of rotatable bonds is 6. The summed E-state index contributed by atoms with van der Waals surface area (Å²) in [5.74, 6) is 3.07. The molecule has 0 saturated heterocycles. The van der Waals surface area contributed by atoms with Crippen molar-refractivity contribution in [1.29, 1.82) is 0 Å². The van der Waals surface area contributed by atoms with Gasteiger partial charge in [-0.2, -0.15) is 4.98 Å². The van der Waals surface area contributed by atoms with Gasteiger partial charge in [-0.05, 0) is 50.1 Å². The molecule has 1 saturated carbocycles. The number of benzene rings is 1. The van der Waals surface area contributed by atoms with Crippen molar-refractivity contribution in [3.8, 4) is 5.75 Å². The summed E-state index contributed by atoms with van der Waals surface area (Å²) in [5.41, 5.74) is 1.81. The molecule has 7 nitrogen and oxygen atoms in total. The highest BCUT2D eigenvalue weighted by Crippen LogP contribution is 2.38. The van der Waals surface area contributed by atoms with Crippen LogP contribution < -0.4 is 10.1 Å². The normalized spacial score (nSPS) is 13.7. The highest BCUT2D eigenvalue weighted by atomic mass is 16.5. The van der Waals surface area contributed by atoms with Gasteiger partial charge in [-0.25, -0.2) is 9.97 Å². The summed E-state index contributed by atoms with van der Waals surface area (Å²) in [4.78, 5) is 12.8. The number of ether oxygens (including phenoxy) is 1. The third kappa shape index (κ3) is 3.51. The molecule has 0 aliphatic heterocycles. The average Bonchev–Trinajstić information content (AvgIpc) is 3.33. The number of hydrogen-bond donors (Lipinski definition) is 1. The molecule has 1 aromatic carbocycles. The van der Waals surface area contributed by atoms with Crippen LogP contribution in [0.4, 0.5) is 11.6 Å². The maximum Gasteiger partial charge on any atom is 0.229 e. The van der Waals surface area contributed by atoms with Crippen LogP contribution in [-0.4, -0.2) is 20.1 Å². The van der Waals surface area contributed by atoms with Gasteiger partial charge in [0.15, 0.2) is 6.61 Å². The Morgan fingerprint density at radius 2 is 2.00 bits per heavy atom. The van der Waals surface area contributed by atoms with Crippen LogP contribution in [0.1, 0.15) is 36.2 Å². The zero-order chi connectivity index (χ0) is 16.4. The van der Waals surface area contributed by atoms with Gasteiger partial charge in [-0.3, -0.25) is 0 Å². The summed E-state index contributed by atoms with van der Waals surface area (Å²) in [5, 5.41) is 7.09. The Morgan fingerprint density at radius 3 is 2.75 bits per heavy atom. The van der Waals surface area contributed by atoms with Gasteiger partial charge < -0.3 is 14.6 Å². The molecule has 7 heteroatoms. The number of anilines is 2. The van der Waals surface area contributed by atoms with Gasteiger partial charge in [0.05, 0.1) is 0 Å². The summed E-state index contributed by atoms with van der Waals surface area (Å²) in [6.07, 6.45) is 4.01. The topological polar surface area (TPSA) is 86.0 Å². The minimum Gasteiger partial charge on any atom is -0.485 e. The van der Waals surface area contributed by atoms with E-state index in [-0.39, 0.29) is 0 Å². The lowest BCUT2D eigenvalue weighted by atomic mass is 10.3. The molecule has 0 atom stereocenters. The SMILES string of the molecule is Cc1ccnc(Nc2ccc(OCc3noc(C4CC4)n3)cc2)n1. The van der Waals surface area contributed by atoms with Crippen molar-refractivity contribution in [1.82, 2.24) is 20.1 Å². The predicted octanol–water partition coefficient (Wildman–Crippen LogP) is 3.37. The van der Waals surface area contributed by atoms with Crippen LogP contribution in [0, 0.1) is 6.92 Å². The first-order valence-corrected chi connectivity index (χ1v) is 7.88. The van der Waals surface area contributed by atoms with Crippen LogP contribution in [0.15, 0.2) is 41.1 Å². The molecule has 4 rings (SSSR count). The maximum atomic E-state index is 5.69. The molecule has 122 valence electrons. The van der Waals surface area contributed by atoms with Gasteiger partial charge in [0, 0.05) is 23.5 Å². The summed E-state index contributed by atoms with van der Waals surface area (Å²) in [6, 6.07) is 9.43. The van der Waals surface area contributed by atoms with E-state index >= 15 is 0 Å². The van der Waals surface area contributed by atoms with Crippen LogP contribution in [0.5, 0.6) is 5.75 Å². The molecular weight excluding hydrogens is 306 g/mol. The molecule has 3 aromatic rings. The average molecular weight is 323 g/mol. The summed E-state index contributed by atoms with van der Waals surface area (Å²) >= 11 is 0. The first kappa shape index (κ1) is 14.6. The van der Waals surface area contributed by atoms with Crippen molar-refractivity contribution in [2.45, 2.75) is 32.3 Å². The Balaban J connectivity index is 1.34. The van der Waals surface area contributed by atoms with Crippen LogP contribution in [0.25, 0.3) is 0 Å². The third-order valence-corrected chi connectivity index (χ3v) is 3.68. The van der Waals surface area contributed by atoms with Gasteiger partial charge >= 0.3 is 0 Å². The van der Waals surface area contributed by atoms with Crippen molar-refractivity contribution in [2.75, 3.05) is 5.32 Å². The fourth-order valence-electron chi connectivity index (χ4n) is 2.24. The van der Waals surface area contributed by atoms with Crippen molar-refractivity contribution < 1.29 is 9.26 Å². The first-order valence-electron chi connectivity index (χ1n) is 7.88. The number of aryl methyl sites for hydroxylation is 1. The minimum atomic E-state index is 0.296. The summed E-state index contributed by atoms with van der Waals surface area (Å²) in [7, 11) is 0. The maximum absolute atomic E-state index is 5.69. The largest absolute Gasteiger partial charge is 0.485 e. The molecule has 1 aliphatic rings. The monoisotopic (exact) mass is 323 g/mol.